The Bertz CT molecular complexity index is 623. The van der Waals surface area contributed by atoms with E-state index in [4.69, 9.17) is 0 Å². The summed E-state index contributed by atoms with van der Waals surface area (Å²) in [6.07, 6.45) is 0.555. The lowest BCUT2D eigenvalue weighted by atomic mass is 10.1. The molecule has 0 fully saturated rings. The highest BCUT2D eigenvalue weighted by atomic mass is 79.9. The molecule has 0 saturated heterocycles. The number of hydrogen-bond acceptors (Lipinski definition) is 4. The number of aromatic hydroxyl groups is 1. The number of aromatic nitrogens is 2. The van der Waals surface area contributed by atoms with Crippen LogP contribution < -0.4 is 10.9 Å². The van der Waals surface area contributed by atoms with E-state index in [9.17, 15) is 9.90 Å². The predicted molar refractivity (Wildman–Crippen MR) is 77.3 cm³/mol. The average molecular weight is 324 g/mol. The molecule has 6 heteroatoms. The Kier molecular flexibility index (Phi) is 4.34. The summed E-state index contributed by atoms with van der Waals surface area (Å²) < 4.78 is 0.908. The lowest BCUT2D eigenvalue weighted by Crippen LogP contribution is -2.18. The van der Waals surface area contributed by atoms with Gasteiger partial charge in [-0.3, -0.25) is 4.79 Å². The zero-order valence-electron chi connectivity index (χ0n) is 10.4. The van der Waals surface area contributed by atoms with Gasteiger partial charge in [0.2, 0.25) is 5.88 Å². The van der Waals surface area contributed by atoms with Gasteiger partial charge in [0.1, 0.15) is 11.4 Å². The third kappa shape index (κ3) is 3.21. The van der Waals surface area contributed by atoms with Crippen LogP contribution in [0.15, 0.2) is 33.5 Å². The minimum absolute atomic E-state index is 0.195. The molecule has 2 aromatic rings. The Morgan fingerprint density at radius 2 is 2.05 bits per heavy atom. The zero-order valence-corrected chi connectivity index (χ0v) is 12.0. The summed E-state index contributed by atoms with van der Waals surface area (Å²) in [5, 5.41) is 12.9. The number of halogens is 1. The van der Waals surface area contributed by atoms with Crippen molar-refractivity contribution in [2.75, 3.05) is 13.6 Å². The molecule has 100 valence electrons. The monoisotopic (exact) mass is 323 g/mol. The van der Waals surface area contributed by atoms with Crippen LogP contribution in [0.4, 0.5) is 0 Å². The first-order chi connectivity index (χ1) is 9.11. The maximum Gasteiger partial charge on any atom is 0.262 e. The highest BCUT2D eigenvalue weighted by Gasteiger charge is 2.12. The molecule has 0 aliphatic rings. The van der Waals surface area contributed by atoms with Crippen molar-refractivity contribution in [1.82, 2.24) is 15.3 Å². The summed E-state index contributed by atoms with van der Waals surface area (Å²) in [5.41, 5.74) is 0.497. The van der Waals surface area contributed by atoms with Gasteiger partial charge in [-0.2, -0.15) is 4.98 Å². The fourth-order valence-corrected chi connectivity index (χ4v) is 2.01. The Balaban J connectivity index is 2.42. The summed E-state index contributed by atoms with van der Waals surface area (Å²) in [6.45, 7) is 0.681. The van der Waals surface area contributed by atoms with Gasteiger partial charge in [-0.25, -0.2) is 0 Å². The normalized spacial score (nSPS) is 10.6. The number of rotatable bonds is 4. The summed E-state index contributed by atoms with van der Waals surface area (Å²) >= 11 is 3.32. The van der Waals surface area contributed by atoms with Crippen molar-refractivity contribution in [3.05, 3.63) is 44.9 Å². The maximum atomic E-state index is 12.0. The standard InChI is InChI=1S/C13H14BrN3O2/c1-15-7-6-10-16-12(18)11(13(19)17-10)8-2-4-9(14)5-3-8/h2-5,15H,6-7H2,1H3,(H2,16,17,18,19). The van der Waals surface area contributed by atoms with E-state index < -0.39 is 0 Å². The van der Waals surface area contributed by atoms with Crippen molar-refractivity contribution in [2.24, 2.45) is 0 Å². The highest BCUT2D eigenvalue weighted by molar-refractivity contribution is 9.10. The number of aromatic amines is 1. The van der Waals surface area contributed by atoms with Gasteiger partial charge in [0, 0.05) is 17.4 Å². The zero-order chi connectivity index (χ0) is 13.8. The van der Waals surface area contributed by atoms with Crippen LogP contribution in [-0.2, 0) is 6.42 Å². The maximum absolute atomic E-state index is 12.0. The van der Waals surface area contributed by atoms with Crippen molar-refractivity contribution in [3.8, 4) is 17.0 Å². The fraction of sp³-hybridized carbons (Fsp3) is 0.231. The number of nitrogens with zero attached hydrogens (tertiary/aromatic N) is 1. The molecule has 0 amide bonds. The SMILES string of the molecule is CNCCc1nc(O)c(-c2ccc(Br)cc2)c(=O)[nH]1. The molecule has 0 spiro atoms. The molecule has 3 N–H and O–H groups in total. The number of likely N-dealkylation sites (N-methyl/N-ethyl adjacent to an activating group) is 1. The third-order valence-electron chi connectivity index (χ3n) is 2.69. The first-order valence-corrected chi connectivity index (χ1v) is 6.64. The molecule has 1 heterocycles. The molecule has 19 heavy (non-hydrogen) atoms. The fourth-order valence-electron chi connectivity index (χ4n) is 1.75. The van der Waals surface area contributed by atoms with Gasteiger partial charge in [0.25, 0.3) is 5.56 Å². The Morgan fingerprint density at radius 3 is 2.63 bits per heavy atom. The number of benzene rings is 1. The van der Waals surface area contributed by atoms with Gasteiger partial charge < -0.3 is 15.4 Å². The highest BCUT2D eigenvalue weighted by Crippen LogP contribution is 2.24. The van der Waals surface area contributed by atoms with Gasteiger partial charge in [0.15, 0.2) is 0 Å². The van der Waals surface area contributed by atoms with Gasteiger partial charge >= 0.3 is 0 Å². The third-order valence-corrected chi connectivity index (χ3v) is 3.22. The lowest BCUT2D eigenvalue weighted by Gasteiger charge is -2.06. The summed E-state index contributed by atoms with van der Waals surface area (Å²) in [7, 11) is 1.81. The minimum Gasteiger partial charge on any atom is -0.493 e. The van der Waals surface area contributed by atoms with Crippen molar-refractivity contribution in [3.63, 3.8) is 0 Å². The van der Waals surface area contributed by atoms with Crippen LogP contribution in [0.1, 0.15) is 5.82 Å². The molecule has 0 bridgehead atoms. The van der Waals surface area contributed by atoms with Crippen LogP contribution in [0.2, 0.25) is 0 Å². The topological polar surface area (TPSA) is 78.0 Å². The second-order valence-electron chi connectivity index (χ2n) is 4.07. The number of nitrogens with one attached hydrogen (secondary N) is 2. The number of H-pyrrole nitrogens is 1. The predicted octanol–water partition coefficient (Wildman–Crippen LogP) is 1.67. The smallest absolute Gasteiger partial charge is 0.262 e. The first kappa shape index (κ1) is 13.8. The molecular weight excluding hydrogens is 310 g/mol. The van der Waals surface area contributed by atoms with Crippen LogP contribution >= 0.6 is 15.9 Å². The molecule has 5 nitrogen and oxygen atoms in total. The number of hydrogen-bond donors (Lipinski definition) is 3. The molecule has 1 aromatic heterocycles. The Hall–Kier alpha value is -1.66. The van der Waals surface area contributed by atoms with Crippen LogP contribution in [0.5, 0.6) is 5.88 Å². The summed E-state index contributed by atoms with van der Waals surface area (Å²) in [6, 6.07) is 7.12. The van der Waals surface area contributed by atoms with Crippen molar-refractivity contribution >= 4 is 15.9 Å². The minimum atomic E-state index is -0.332. The second kappa shape index (κ2) is 5.99. The molecule has 0 atom stereocenters. The molecule has 0 radical (unpaired) electrons. The van der Waals surface area contributed by atoms with E-state index >= 15 is 0 Å². The van der Waals surface area contributed by atoms with E-state index in [-0.39, 0.29) is 17.0 Å². The largest absolute Gasteiger partial charge is 0.493 e. The molecule has 1 aromatic carbocycles. The molecule has 0 unspecified atom stereocenters. The quantitative estimate of drug-likeness (QED) is 0.799. The van der Waals surface area contributed by atoms with E-state index in [1.807, 2.05) is 19.2 Å². The average Bonchev–Trinajstić information content (AvgIpc) is 2.38. The van der Waals surface area contributed by atoms with E-state index in [0.29, 0.717) is 24.4 Å². The molecule has 0 saturated carbocycles. The molecule has 2 rings (SSSR count). The van der Waals surface area contributed by atoms with Crippen molar-refractivity contribution in [1.29, 1.82) is 0 Å². The van der Waals surface area contributed by atoms with E-state index in [0.717, 1.165) is 4.47 Å². The van der Waals surface area contributed by atoms with E-state index in [1.165, 1.54) is 0 Å². The van der Waals surface area contributed by atoms with Crippen molar-refractivity contribution in [2.45, 2.75) is 6.42 Å². The van der Waals surface area contributed by atoms with Crippen LogP contribution in [0, 0.1) is 0 Å². The molecular formula is C13H14BrN3O2. The lowest BCUT2D eigenvalue weighted by molar-refractivity contribution is 0.449. The van der Waals surface area contributed by atoms with Crippen molar-refractivity contribution < 1.29 is 5.11 Å². The Labute approximate surface area is 118 Å². The summed E-state index contributed by atoms with van der Waals surface area (Å²) in [4.78, 5) is 18.7. The van der Waals surface area contributed by atoms with Crippen LogP contribution in [0.25, 0.3) is 11.1 Å². The van der Waals surface area contributed by atoms with Gasteiger partial charge in [-0.15, -0.1) is 0 Å². The van der Waals surface area contributed by atoms with Gasteiger partial charge in [-0.1, -0.05) is 28.1 Å². The molecule has 0 aliphatic carbocycles. The first-order valence-electron chi connectivity index (χ1n) is 5.84. The van der Waals surface area contributed by atoms with E-state index in [2.05, 4.69) is 31.2 Å². The Morgan fingerprint density at radius 1 is 1.37 bits per heavy atom. The van der Waals surface area contributed by atoms with Crippen LogP contribution in [0.3, 0.4) is 0 Å². The second-order valence-corrected chi connectivity index (χ2v) is 4.99. The van der Waals surface area contributed by atoms with Crippen LogP contribution in [-0.4, -0.2) is 28.7 Å². The molecule has 0 aliphatic heterocycles. The van der Waals surface area contributed by atoms with E-state index in [1.54, 1.807) is 12.1 Å². The van der Waals surface area contributed by atoms with Gasteiger partial charge in [0.05, 0.1) is 0 Å². The van der Waals surface area contributed by atoms with Gasteiger partial charge in [-0.05, 0) is 24.7 Å². The summed E-state index contributed by atoms with van der Waals surface area (Å²) in [5.74, 6) is 0.231.